The van der Waals surface area contributed by atoms with E-state index in [2.05, 4.69) is 24.4 Å². The molecule has 0 saturated heterocycles. The van der Waals surface area contributed by atoms with E-state index in [1.165, 1.54) is 5.56 Å². The normalized spacial score (nSPS) is 10.2. The number of rotatable bonds is 4. The number of nitrogens with one attached hydrogen (secondary N) is 1. The lowest BCUT2D eigenvalue weighted by molar-refractivity contribution is 0.474. The molecule has 17 heavy (non-hydrogen) atoms. The van der Waals surface area contributed by atoms with Gasteiger partial charge >= 0.3 is 0 Å². The summed E-state index contributed by atoms with van der Waals surface area (Å²) in [7, 11) is 1.93. The van der Waals surface area contributed by atoms with Crippen molar-refractivity contribution in [1.82, 2.24) is 5.32 Å². The smallest absolute Gasteiger partial charge is 0.131 e. The number of hydrogen-bond acceptors (Lipinski definition) is 2. The van der Waals surface area contributed by atoms with Gasteiger partial charge < -0.3 is 10.1 Å². The Bertz CT molecular complexity index is 494. The zero-order valence-corrected chi connectivity index (χ0v) is 10.2. The van der Waals surface area contributed by atoms with E-state index in [4.69, 9.17) is 4.74 Å². The Labute approximate surface area is 102 Å². The first-order valence-electron chi connectivity index (χ1n) is 5.76. The Morgan fingerprint density at radius 3 is 2.65 bits per heavy atom. The fourth-order valence-electron chi connectivity index (χ4n) is 1.75. The molecule has 0 bridgehead atoms. The van der Waals surface area contributed by atoms with Crippen LogP contribution in [0.5, 0.6) is 11.5 Å². The third-order valence-corrected chi connectivity index (χ3v) is 2.56. The molecule has 2 aromatic carbocycles. The van der Waals surface area contributed by atoms with Crippen molar-refractivity contribution in [3.8, 4) is 11.5 Å². The average Bonchev–Trinajstić information content (AvgIpc) is 2.32. The lowest BCUT2D eigenvalue weighted by Gasteiger charge is -2.11. The van der Waals surface area contributed by atoms with E-state index in [-0.39, 0.29) is 0 Å². The maximum absolute atomic E-state index is 5.90. The van der Waals surface area contributed by atoms with E-state index in [0.29, 0.717) is 0 Å². The van der Waals surface area contributed by atoms with Crippen LogP contribution >= 0.6 is 0 Å². The maximum atomic E-state index is 5.90. The first kappa shape index (κ1) is 11.7. The molecule has 0 aliphatic heterocycles. The standard InChI is InChI=1S/C15H17NO/c1-12-6-5-8-14(10-12)17-15-9-4-3-7-13(15)11-16-2/h3-10,16H,11H2,1-2H3. The Morgan fingerprint density at radius 2 is 1.88 bits per heavy atom. The minimum atomic E-state index is 0.808. The number of aryl methyl sites for hydroxylation is 1. The highest BCUT2D eigenvalue weighted by atomic mass is 16.5. The van der Waals surface area contributed by atoms with Crippen molar-refractivity contribution < 1.29 is 4.74 Å². The molecule has 0 radical (unpaired) electrons. The lowest BCUT2D eigenvalue weighted by atomic mass is 10.2. The fraction of sp³-hybridized carbons (Fsp3) is 0.200. The fourth-order valence-corrected chi connectivity index (χ4v) is 1.75. The molecule has 0 aliphatic rings. The summed E-state index contributed by atoms with van der Waals surface area (Å²) in [6.07, 6.45) is 0. The zero-order chi connectivity index (χ0) is 12.1. The highest BCUT2D eigenvalue weighted by Gasteiger charge is 2.03. The Balaban J connectivity index is 2.23. The summed E-state index contributed by atoms with van der Waals surface area (Å²) in [4.78, 5) is 0. The highest BCUT2D eigenvalue weighted by Crippen LogP contribution is 2.25. The largest absolute Gasteiger partial charge is 0.457 e. The molecule has 0 unspecified atom stereocenters. The maximum Gasteiger partial charge on any atom is 0.131 e. The third-order valence-electron chi connectivity index (χ3n) is 2.56. The number of hydrogen-bond donors (Lipinski definition) is 1. The summed E-state index contributed by atoms with van der Waals surface area (Å²) in [6.45, 7) is 2.87. The molecule has 2 heteroatoms. The van der Waals surface area contributed by atoms with Gasteiger partial charge in [0.15, 0.2) is 0 Å². The van der Waals surface area contributed by atoms with Crippen molar-refractivity contribution in [2.45, 2.75) is 13.5 Å². The second-order valence-electron chi connectivity index (χ2n) is 4.06. The molecule has 0 spiro atoms. The lowest BCUT2D eigenvalue weighted by Crippen LogP contribution is -2.06. The molecule has 0 fully saturated rings. The molecule has 0 atom stereocenters. The summed E-state index contributed by atoms with van der Waals surface area (Å²) in [5, 5.41) is 3.14. The predicted molar refractivity (Wildman–Crippen MR) is 70.5 cm³/mol. The van der Waals surface area contributed by atoms with Crippen LogP contribution in [0, 0.1) is 6.92 Å². The van der Waals surface area contributed by atoms with E-state index in [0.717, 1.165) is 23.6 Å². The van der Waals surface area contributed by atoms with Gasteiger partial charge in [-0.05, 0) is 37.7 Å². The van der Waals surface area contributed by atoms with Gasteiger partial charge in [-0.2, -0.15) is 0 Å². The molecule has 0 amide bonds. The highest BCUT2D eigenvalue weighted by molar-refractivity contribution is 5.38. The molecule has 0 aliphatic carbocycles. The topological polar surface area (TPSA) is 21.3 Å². The van der Waals surface area contributed by atoms with Crippen LogP contribution in [0.3, 0.4) is 0 Å². The summed E-state index contributed by atoms with van der Waals surface area (Å²) in [5.74, 6) is 1.79. The minimum absolute atomic E-state index is 0.808. The Morgan fingerprint density at radius 1 is 1.06 bits per heavy atom. The molecule has 0 heterocycles. The van der Waals surface area contributed by atoms with Gasteiger partial charge in [0, 0.05) is 12.1 Å². The van der Waals surface area contributed by atoms with Crippen molar-refractivity contribution in [3.63, 3.8) is 0 Å². The van der Waals surface area contributed by atoms with E-state index in [1.54, 1.807) is 0 Å². The van der Waals surface area contributed by atoms with E-state index in [1.807, 2.05) is 43.4 Å². The molecule has 2 aromatic rings. The Kier molecular flexibility index (Phi) is 3.78. The molecule has 2 nitrogen and oxygen atoms in total. The monoisotopic (exact) mass is 227 g/mol. The molecule has 88 valence electrons. The van der Waals surface area contributed by atoms with Crippen molar-refractivity contribution >= 4 is 0 Å². The first-order valence-corrected chi connectivity index (χ1v) is 5.76. The zero-order valence-electron chi connectivity index (χ0n) is 10.2. The van der Waals surface area contributed by atoms with Crippen LogP contribution in [0.15, 0.2) is 48.5 Å². The van der Waals surface area contributed by atoms with Gasteiger partial charge in [-0.3, -0.25) is 0 Å². The van der Waals surface area contributed by atoms with E-state index >= 15 is 0 Å². The van der Waals surface area contributed by atoms with Crippen LogP contribution in [0.1, 0.15) is 11.1 Å². The second-order valence-corrected chi connectivity index (χ2v) is 4.06. The van der Waals surface area contributed by atoms with Gasteiger partial charge in [-0.1, -0.05) is 30.3 Å². The molecule has 0 aromatic heterocycles. The van der Waals surface area contributed by atoms with Gasteiger partial charge in [0.05, 0.1) is 0 Å². The van der Waals surface area contributed by atoms with Crippen molar-refractivity contribution in [2.75, 3.05) is 7.05 Å². The Hall–Kier alpha value is -1.80. The minimum Gasteiger partial charge on any atom is -0.457 e. The first-order chi connectivity index (χ1) is 8.29. The van der Waals surface area contributed by atoms with Crippen LogP contribution in [0.25, 0.3) is 0 Å². The van der Waals surface area contributed by atoms with Crippen LogP contribution in [-0.2, 0) is 6.54 Å². The van der Waals surface area contributed by atoms with Gasteiger partial charge in [-0.15, -0.1) is 0 Å². The summed E-state index contributed by atoms with van der Waals surface area (Å²) in [5.41, 5.74) is 2.37. The number of ether oxygens (including phenoxy) is 1. The molecule has 1 N–H and O–H groups in total. The summed E-state index contributed by atoms with van der Waals surface area (Å²) in [6, 6.07) is 16.2. The molecular weight excluding hydrogens is 210 g/mol. The van der Waals surface area contributed by atoms with Crippen molar-refractivity contribution in [2.24, 2.45) is 0 Å². The van der Waals surface area contributed by atoms with Crippen molar-refractivity contribution in [1.29, 1.82) is 0 Å². The molecular formula is C15H17NO. The van der Waals surface area contributed by atoms with Gasteiger partial charge in [0.25, 0.3) is 0 Å². The summed E-state index contributed by atoms with van der Waals surface area (Å²) < 4.78 is 5.90. The number of para-hydroxylation sites is 1. The average molecular weight is 227 g/mol. The quantitative estimate of drug-likeness (QED) is 0.863. The van der Waals surface area contributed by atoms with E-state index in [9.17, 15) is 0 Å². The van der Waals surface area contributed by atoms with Gasteiger partial charge in [-0.25, -0.2) is 0 Å². The van der Waals surface area contributed by atoms with E-state index < -0.39 is 0 Å². The van der Waals surface area contributed by atoms with Gasteiger partial charge in [0.2, 0.25) is 0 Å². The van der Waals surface area contributed by atoms with Crippen LogP contribution < -0.4 is 10.1 Å². The SMILES string of the molecule is CNCc1ccccc1Oc1cccc(C)c1. The molecule has 0 saturated carbocycles. The van der Waals surface area contributed by atoms with Crippen LogP contribution in [0.2, 0.25) is 0 Å². The summed E-state index contributed by atoms with van der Waals surface area (Å²) >= 11 is 0. The third kappa shape index (κ3) is 3.08. The van der Waals surface area contributed by atoms with Crippen LogP contribution in [-0.4, -0.2) is 7.05 Å². The molecule has 2 rings (SSSR count). The van der Waals surface area contributed by atoms with Crippen LogP contribution in [0.4, 0.5) is 0 Å². The van der Waals surface area contributed by atoms with Crippen molar-refractivity contribution in [3.05, 3.63) is 59.7 Å². The predicted octanol–water partition coefficient (Wildman–Crippen LogP) is 3.51. The number of benzene rings is 2. The van der Waals surface area contributed by atoms with Gasteiger partial charge in [0.1, 0.15) is 11.5 Å². The second kappa shape index (κ2) is 5.51.